The lowest BCUT2D eigenvalue weighted by atomic mass is 10.2. The van der Waals surface area contributed by atoms with Gasteiger partial charge in [-0.15, -0.1) is 0 Å². The zero-order chi connectivity index (χ0) is 18.0. The molecule has 0 amide bonds. The van der Waals surface area contributed by atoms with Crippen LogP contribution in [0.15, 0.2) is 22.6 Å². The molecule has 4 nitrogen and oxygen atoms in total. The van der Waals surface area contributed by atoms with Crippen molar-refractivity contribution >= 4 is 19.4 Å². The number of ether oxygens (including phenoxy) is 1. The minimum Gasteiger partial charge on any atom is -0.493 e. The molecule has 0 aliphatic carbocycles. The van der Waals surface area contributed by atoms with Crippen molar-refractivity contribution in [2.45, 2.75) is 45.8 Å². The van der Waals surface area contributed by atoms with Gasteiger partial charge < -0.3 is 13.6 Å². The summed E-state index contributed by atoms with van der Waals surface area (Å²) in [5.41, 5.74) is 1.47. The van der Waals surface area contributed by atoms with Gasteiger partial charge in [-0.05, 0) is 30.3 Å². The van der Waals surface area contributed by atoms with Gasteiger partial charge in [0.25, 0.3) is 0 Å². The minimum atomic E-state index is -1.87. The molecule has 2 rings (SSSR count). The van der Waals surface area contributed by atoms with E-state index in [9.17, 15) is 4.39 Å². The third-order valence-electron chi connectivity index (χ3n) is 4.66. The average Bonchev–Trinajstić information content (AvgIpc) is 2.85. The summed E-state index contributed by atoms with van der Waals surface area (Å²) in [4.78, 5) is 4.25. The van der Waals surface area contributed by atoms with E-state index in [0.29, 0.717) is 23.8 Å². The number of alkyl halides is 1. The SMILES string of the molecule is Cc1nc2ccc(OCC(CF)CO[Si](C)(C)C(C)(C)C)cc2o1. The summed E-state index contributed by atoms with van der Waals surface area (Å²) in [6, 6.07) is 5.46. The van der Waals surface area contributed by atoms with Crippen LogP contribution >= 0.6 is 0 Å². The van der Waals surface area contributed by atoms with E-state index in [1.54, 1.807) is 13.0 Å². The molecule has 1 aromatic carbocycles. The molecule has 0 bridgehead atoms. The highest BCUT2D eigenvalue weighted by Crippen LogP contribution is 2.36. The Bertz CT molecular complexity index is 678. The lowest BCUT2D eigenvalue weighted by Crippen LogP contribution is -2.42. The van der Waals surface area contributed by atoms with E-state index >= 15 is 0 Å². The fraction of sp³-hybridized carbons (Fsp3) is 0.611. The van der Waals surface area contributed by atoms with E-state index in [1.165, 1.54) is 0 Å². The maximum absolute atomic E-state index is 13.3. The maximum atomic E-state index is 13.3. The van der Waals surface area contributed by atoms with Gasteiger partial charge in [-0.2, -0.15) is 0 Å². The number of benzene rings is 1. The quantitative estimate of drug-likeness (QED) is 0.648. The van der Waals surface area contributed by atoms with Gasteiger partial charge in [0.05, 0.1) is 13.3 Å². The fourth-order valence-electron chi connectivity index (χ4n) is 2.00. The number of halogens is 1. The van der Waals surface area contributed by atoms with Crippen LogP contribution in [0.4, 0.5) is 4.39 Å². The predicted octanol–water partition coefficient (Wildman–Crippen LogP) is 5.12. The summed E-state index contributed by atoms with van der Waals surface area (Å²) in [5.74, 6) is 1.00. The Morgan fingerprint density at radius 2 is 1.96 bits per heavy atom. The molecule has 1 unspecified atom stereocenters. The van der Waals surface area contributed by atoms with Crippen LogP contribution in [0, 0.1) is 12.8 Å². The van der Waals surface area contributed by atoms with E-state index < -0.39 is 15.0 Å². The molecule has 1 heterocycles. The fourth-order valence-corrected chi connectivity index (χ4v) is 3.09. The molecule has 0 aliphatic heterocycles. The van der Waals surface area contributed by atoms with Crippen LogP contribution in [-0.4, -0.2) is 33.2 Å². The standard InChI is InChI=1S/C18H28FNO3Si/c1-13-20-16-8-7-15(9-17(16)23-13)21-11-14(10-19)12-22-24(5,6)18(2,3)4/h7-9,14H,10-12H2,1-6H3. The minimum absolute atomic E-state index is 0.115. The number of aromatic nitrogens is 1. The number of hydrogen-bond acceptors (Lipinski definition) is 4. The Labute approximate surface area is 144 Å². The van der Waals surface area contributed by atoms with Gasteiger partial charge >= 0.3 is 0 Å². The van der Waals surface area contributed by atoms with Gasteiger partial charge in [0.1, 0.15) is 11.3 Å². The van der Waals surface area contributed by atoms with Gasteiger partial charge in [-0.25, -0.2) is 4.98 Å². The molecule has 0 N–H and O–H groups in total. The lowest BCUT2D eigenvalue weighted by Gasteiger charge is -2.37. The highest BCUT2D eigenvalue weighted by atomic mass is 28.4. The zero-order valence-electron chi connectivity index (χ0n) is 15.5. The Morgan fingerprint density at radius 1 is 1.25 bits per heavy atom. The molecule has 1 atom stereocenters. The second kappa shape index (κ2) is 7.23. The van der Waals surface area contributed by atoms with Crippen molar-refractivity contribution in [3.63, 3.8) is 0 Å². The van der Waals surface area contributed by atoms with Gasteiger partial charge in [0.2, 0.25) is 0 Å². The summed E-state index contributed by atoms with van der Waals surface area (Å²) in [6.07, 6.45) is 0. The first-order valence-electron chi connectivity index (χ1n) is 8.32. The van der Waals surface area contributed by atoms with E-state index in [4.69, 9.17) is 13.6 Å². The summed E-state index contributed by atoms with van der Waals surface area (Å²) >= 11 is 0. The first kappa shape index (κ1) is 18.9. The number of rotatable bonds is 7. The second-order valence-electron chi connectivity index (χ2n) is 7.77. The molecule has 0 radical (unpaired) electrons. The molecule has 0 fully saturated rings. The van der Waals surface area contributed by atoms with Crippen LogP contribution in [0.1, 0.15) is 26.7 Å². The average molecular weight is 354 g/mol. The molecule has 1 aromatic heterocycles. The first-order chi connectivity index (χ1) is 11.1. The van der Waals surface area contributed by atoms with Crippen molar-refractivity contribution in [1.29, 1.82) is 0 Å². The highest BCUT2D eigenvalue weighted by molar-refractivity contribution is 6.74. The number of nitrogens with zero attached hydrogens (tertiary/aromatic N) is 1. The van der Waals surface area contributed by atoms with Crippen molar-refractivity contribution in [2.75, 3.05) is 19.9 Å². The molecule has 0 saturated heterocycles. The molecule has 0 aliphatic rings. The van der Waals surface area contributed by atoms with Crippen molar-refractivity contribution < 1.29 is 18.0 Å². The normalized spacial score (nSPS) is 14.1. The van der Waals surface area contributed by atoms with Crippen LogP contribution < -0.4 is 4.74 Å². The van der Waals surface area contributed by atoms with Gasteiger partial charge in [0, 0.05) is 25.5 Å². The maximum Gasteiger partial charge on any atom is 0.192 e. The largest absolute Gasteiger partial charge is 0.493 e. The van der Waals surface area contributed by atoms with E-state index in [2.05, 4.69) is 38.8 Å². The van der Waals surface area contributed by atoms with Crippen molar-refractivity contribution in [3.8, 4) is 5.75 Å². The van der Waals surface area contributed by atoms with Gasteiger partial charge in [-0.1, -0.05) is 20.8 Å². The zero-order valence-corrected chi connectivity index (χ0v) is 16.5. The Balaban J connectivity index is 1.92. The molecule has 134 valence electrons. The summed E-state index contributed by atoms with van der Waals surface area (Å²) in [6.45, 7) is 12.9. The second-order valence-corrected chi connectivity index (χ2v) is 12.6. The first-order valence-corrected chi connectivity index (χ1v) is 11.2. The molecule has 2 aromatic rings. The monoisotopic (exact) mass is 353 g/mol. The van der Waals surface area contributed by atoms with Crippen molar-refractivity contribution in [2.24, 2.45) is 5.92 Å². The molecular weight excluding hydrogens is 325 g/mol. The third kappa shape index (κ3) is 4.57. The van der Waals surface area contributed by atoms with Crippen molar-refractivity contribution in [1.82, 2.24) is 4.98 Å². The van der Waals surface area contributed by atoms with Crippen LogP contribution in [-0.2, 0) is 4.43 Å². The van der Waals surface area contributed by atoms with Crippen molar-refractivity contribution in [3.05, 3.63) is 24.1 Å². The third-order valence-corrected chi connectivity index (χ3v) is 9.16. The molecule has 6 heteroatoms. The lowest BCUT2D eigenvalue weighted by molar-refractivity contribution is 0.144. The highest BCUT2D eigenvalue weighted by Gasteiger charge is 2.37. The van der Waals surface area contributed by atoms with E-state index in [0.717, 1.165) is 5.52 Å². The Kier molecular flexibility index (Phi) is 5.70. The Morgan fingerprint density at radius 3 is 2.58 bits per heavy atom. The van der Waals surface area contributed by atoms with Gasteiger partial charge in [-0.3, -0.25) is 4.39 Å². The smallest absolute Gasteiger partial charge is 0.192 e. The van der Waals surface area contributed by atoms with E-state index in [-0.39, 0.29) is 17.6 Å². The summed E-state index contributed by atoms with van der Waals surface area (Å²) in [5, 5.41) is 0.115. The summed E-state index contributed by atoms with van der Waals surface area (Å²) in [7, 11) is -1.87. The molecule has 0 saturated carbocycles. The van der Waals surface area contributed by atoms with Crippen LogP contribution in [0.25, 0.3) is 11.1 Å². The van der Waals surface area contributed by atoms with Crippen LogP contribution in [0.2, 0.25) is 18.1 Å². The van der Waals surface area contributed by atoms with Gasteiger partial charge in [0.15, 0.2) is 19.8 Å². The number of fused-ring (bicyclic) bond motifs is 1. The topological polar surface area (TPSA) is 44.5 Å². The van der Waals surface area contributed by atoms with Crippen LogP contribution in [0.5, 0.6) is 5.75 Å². The molecular formula is C18H28FNO3Si. The summed E-state index contributed by atoms with van der Waals surface area (Å²) < 4.78 is 30.6. The molecule has 24 heavy (non-hydrogen) atoms. The molecule has 0 spiro atoms. The van der Waals surface area contributed by atoms with Crippen LogP contribution in [0.3, 0.4) is 0 Å². The Hall–Kier alpha value is -1.40. The number of aryl methyl sites for hydroxylation is 1. The van der Waals surface area contributed by atoms with E-state index in [1.807, 2.05) is 12.1 Å². The predicted molar refractivity (Wildman–Crippen MR) is 96.9 cm³/mol. The number of oxazole rings is 1. The number of hydrogen-bond donors (Lipinski definition) is 0.